The van der Waals surface area contributed by atoms with Gasteiger partial charge in [-0.15, -0.1) is 0 Å². The lowest BCUT2D eigenvalue weighted by atomic mass is 10.0. The van der Waals surface area contributed by atoms with Gasteiger partial charge in [0.2, 0.25) is 0 Å². The largest absolute Gasteiger partial charge is 0.376 e. The molecule has 0 aliphatic heterocycles. The van der Waals surface area contributed by atoms with Crippen molar-refractivity contribution in [2.45, 2.75) is 24.8 Å². The molecule has 1 unspecified atom stereocenters. The average Bonchev–Trinajstić information content (AvgIpc) is 3.31. The van der Waals surface area contributed by atoms with Crippen LogP contribution in [0.1, 0.15) is 35.9 Å². The van der Waals surface area contributed by atoms with Gasteiger partial charge < -0.3 is 11.1 Å². The maximum atomic E-state index is 5.97. The second-order valence-corrected chi connectivity index (χ2v) is 6.21. The van der Waals surface area contributed by atoms with Gasteiger partial charge in [0.1, 0.15) is 0 Å². The van der Waals surface area contributed by atoms with Gasteiger partial charge in [-0.3, -0.25) is 0 Å². The number of anilines is 1. The van der Waals surface area contributed by atoms with Crippen LogP contribution in [0.3, 0.4) is 0 Å². The quantitative estimate of drug-likeness (QED) is 0.850. The molecule has 2 aromatic carbocycles. The third-order valence-electron chi connectivity index (χ3n) is 3.80. The smallest absolute Gasteiger partial charge is 0.0636 e. The molecule has 104 valence electrons. The Hall–Kier alpha value is -1.32. The van der Waals surface area contributed by atoms with Crippen LogP contribution in [-0.2, 0) is 0 Å². The topological polar surface area (TPSA) is 38.0 Å². The minimum atomic E-state index is 0.146. The van der Waals surface area contributed by atoms with E-state index < -0.39 is 0 Å². The fraction of sp³-hybridized carbons (Fsp3) is 0.294. The summed E-state index contributed by atoms with van der Waals surface area (Å²) in [5.41, 5.74) is 9.77. The molecule has 0 radical (unpaired) electrons. The van der Waals surface area contributed by atoms with Gasteiger partial charge in [0.05, 0.1) is 6.04 Å². The first-order valence-electron chi connectivity index (χ1n) is 7.09. The van der Waals surface area contributed by atoms with E-state index >= 15 is 0 Å². The first kappa shape index (κ1) is 13.7. The lowest BCUT2D eigenvalue weighted by Gasteiger charge is -2.20. The van der Waals surface area contributed by atoms with Gasteiger partial charge >= 0.3 is 0 Å². The Balaban J connectivity index is 1.82. The number of halogens is 1. The molecule has 2 nitrogen and oxygen atoms in total. The zero-order valence-electron chi connectivity index (χ0n) is 11.4. The summed E-state index contributed by atoms with van der Waals surface area (Å²) in [6, 6.07) is 17.1. The van der Waals surface area contributed by atoms with Crippen molar-refractivity contribution in [1.29, 1.82) is 0 Å². The Labute approximate surface area is 128 Å². The Morgan fingerprint density at radius 1 is 1.15 bits per heavy atom. The van der Waals surface area contributed by atoms with Gasteiger partial charge in [-0.2, -0.15) is 0 Å². The summed E-state index contributed by atoms with van der Waals surface area (Å²) in [6.45, 7) is 0.579. The number of rotatable bonds is 5. The highest BCUT2D eigenvalue weighted by atomic mass is 79.9. The molecule has 0 spiro atoms. The minimum absolute atomic E-state index is 0.146. The van der Waals surface area contributed by atoms with Crippen molar-refractivity contribution in [3.8, 4) is 0 Å². The van der Waals surface area contributed by atoms with Gasteiger partial charge in [-0.1, -0.05) is 36.4 Å². The van der Waals surface area contributed by atoms with Crippen molar-refractivity contribution < 1.29 is 0 Å². The van der Waals surface area contributed by atoms with Gasteiger partial charge in [-0.25, -0.2) is 0 Å². The highest BCUT2D eigenvalue weighted by Crippen LogP contribution is 2.40. The molecule has 3 rings (SSSR count). The molecule has 0 heterocycles. The van der Waals surface area contributed by atoms with Crippen molar-refractivity contribution in [3.63, 3.8) is 0 Å². The SMILES string of the molecule is NCC(Nc1ccccc1Br)c1cccc(C2CC2)c1. The molecule has 0 bridgehead atoms. The lowest BCUT2D eigenvalue weighted by molar-refractivity contribution is 0.787. The number of nitrogens with one attached hydrogen (secondary N) is 1. The number of hydrogen-bond donors (Lipinski definition) is 2. The monoisotopic (exact) mass is 330 g/mol. The van der Waals surface area contributed by atoms with E-state index in [0.29, 0.717) is 6.54 Å². The lowest BCUT2D eigenvalue weighted by Crippen LogP contribution is -2.20. The minimum Gasteiger partial charge on any atom is -0.376 e. The third kappa shape index (κ3) is 3.05. The summed E-state index contributed by atoms with van der Waals surface area (Å²) in [5.74, 6) is 0.775. The third-order valence-corrected chi connectivity index (χ3v) is 4.49. The summed E-state index contributed by atoms with van der Waals surface area (Å²) in [4.78, 5) is 0. The van der Waals surface area contributed by atoms with Crippen molar-refractivity contribution in [1.82, 2.24) is 0 Å². The van der Waals surface area contributed by atoms with E-state index in [1.807, 2.05) is 18.2 Å². The van der Waals surface area contributed by atoms with Crippen molar-refractivity contribution in [2.75, 3.05) is 11.9 Å². The summed E-state index contributed by atoms with van der Waals surface area (Å²) in [5, 5.41) is 3.53. The molecule has 1 aliphatic carbocycles. The van der Waals surface area contributed by atoms with Crippen LogP contribution in [0.15, 0.2) is 53.0 Å². The number of benzene rings is 2. The second kappa shape index (κ2) is 5.98. The summed E-state index contributed by atoms with van der Waals surface area (Å²) < 4.78 is 1.07. The predicted octanol–water partition coefficient (Wildman–Crippen LogP) is 4.44. The molecule has 1 saturated carbocycles. The zero-order valence-corrected chi connectivity index (χ0v) is 12.9. The molecule has 0 amide bonds. The number of para-hydroxylation sites is 1. The van der Waals surface area contributed by atoms with Crippen molar-refractivity contribution in [3.05, 3.63) is 64.1 Å². The maximum absolute atomic E-state index is 5.97. The Morgan fingerprint density at radius 3 is 2.65 bits per heavy atom. The van der Waals surface area contributed by atoms with E-state index in [-0.39, 0.29) is 6.04 Å². The molecule has 3 N–H and O–H groups in total. The van der Waals surface area contributed by atoms with Crippen LogP contribution in [-0.4, -0.2) is 6.54 Å². The standard InChI is InChI=1S/C17H19BrN2/c18-15-6-1-2-7-16(15)20-17(11-19)14-5-3-4-13(10-14)12-8-9-12/h1-7,10,12,17,20H,8-9,11,19H2. The Morgan fingerprint density at radius 2 is 1.95 bits per heavy atom. The van der Waals surface area contributed by atoms with Gasteiger partial charge in [-0.05, 0) is 57.9 Å². The molecule has 1 atom stereocenters. The molecular formula is C17H19BrN2. The van der Waals surface area contributed by atoms with Crippen molar-refractivity contribution in [2.24, 2.45) is 5.73 Å². The first-order valence-corrected chi connectivity index (χ1v) is 7.88. The zero-order chi connectivity index (χ0) is 13.9. The van der Waals surface area contributed by atoms with Crippen LogP contribution in [0.2, 0.25) is 0 Å². The second-order valence-electron chi connectivity index (χ2n) is 5.36. The van der Waals surface area contributed by atoms with Crippen LogP contribution < -0.4 is 11.1 Å². The molecule has 0 aromatic heterocycles. The highest BCUT2D eigenvalue weighted by Gasteiger charge is 2.24. The summed E-state index contributed by atoms with van der Waals surface area (Å²) >= 11 is 3.57. The van der Waals surface area contributed by atoms with Crippen LogP contribution in [0.4, 0.5) is 5.69 Å². The fourth-order valence-corrected chi connectivity index (χ4v) is 2.89. The van der Waals surface area contributed by atoms with Crippen molar-refractivity contribution >= 4 is 21.6 Å². The highest BCUT2D eigenvalue weighted by molar-refractivity contribution is 9.10. The Kier molecular flexibility index (Phi) is 4.08. The Bertz CT molecular complexity index is 593. The molecule has 2 aromatic rings. The maximum Gasteiger partial charge on any atom is 0.0636 e. The van der Waals surface area contributed by atoms with Gasteiger partial charge in [0.25, 0.3) is 0 Å². The van der Waals surface area contributed by atoms with E-state index in [1.165, 1.54) is 24.0 Å². The van der Waals surface area contributed by atoms with Gasteiger partial charge in [0, 0.05) is 16.7 Å². The first-order chi connectivity index (χ1) is 9.78. The molecule has 0 saturated heterocycles. The van der Waals surface area contributed by atoms with E-state index in [9.17, 15) is 0 Å². The van der Waals surface area contributed by atoms with Crippen LogP contribution in [0.5, 0.6) is 0 Å². The van der Waals surface area contributed by atoms with E-state index in [0.717, 1.165) is 16.1 Å². The summed E-state index contributed by atoms with van der Waals surface area (Å²) in [7, 11) is 0. The molecule has 20 heavy (non-hydrogen) atoms. The molecule has 1 aliphatic rings. The molecular weight excluding hydrogens is 312 g/mol. The normalized spacial score (nSPS) is 15.9. The number of hydrogen-bond acceptors (Lipinski definition) is 2. The predicted molar refractivity (Wildman–Crippen MR) is 88.0 cm³/mol. The molecule has 3 heteroatoms. The van der Waals surface area contributed by atoms with E-state index in [1.54, 1.807) is 0 Å². The molecule has 1 fully saturated rings. The fourth-order valence-electron chi connectivity index (χ4n) is 2.49. The van der Waals surface area contributed by atoms with E-state index in [2.05, 4.69) is 51.6 Å². The average molecular weight is 331 g/mol. The van der Waals surface area contributed by atoms with Crippen LogP contribution in [0.25, 0.3) is 0 Å². The van der Waals surface area contributed by atoms with E-state index in [4.69, 9.17) is 5.73 Å². The number of nitrogens with two attached hydrogens (primary N) is 1. The van der Waals surface area contributed by atoms with Crippen LogP contribution >= 0.6 is 15.9 Å². The summed E-state index contributed by atoms with van der Waals surface area (Å²) in [6.07, 6.45) is 2.66. The van der Waals surface area contributed by atoms with Gasteiger partial charge in [0.15, 0.2) is 0 Å². The van der Waals surface area contributed by atoms with Crippen LogP contribution in [0, 0.1) is 0 Å².